The molecule has 2 aromatic carbocycles. The molecule has 1 aromatic heterocycles. The molecule has 1 atom stereocenters. The van der Waals surface area contributed by atoms with E-state index in [0.717, 1.165) is 41.7 Å². The van der Waals surface area contributed by atoms with Crippen LogP contribution in [0.5, 0.6) is 0 Å². The Kier molecular flexibility index (Phi) is 6.00. The molecule has 1 fully saturated rings. The fraction of sp³-hybridized carbons (Fsp3) is 0.364. The third-order valence-corrected chi connectivity index (χ3v) is 6.38. The predicted molar refractivity (Wildman–Crippen MR) is 113 cm³/mol. The van der Waals surface area contributed by atoms with Gasteiger partial charge in [-0.25, -0.2) is 4.98 Å². The average molecular weight is 396 g/mol. The van der Waals surface area contributed by atoms with Crippen molar-refractivity contribution in [1.82, 2.24) is 15.6 Å². The maximum atomic E-state index is 12.9. The van der Waals surface area contributed by atoms with E-state index in [9.17, 15) is 4.79 Å². The number of thiazole rings is 1. The second-order valence-corrected chi connectivity index (χ2v) is 8.21. The van der Waals surface area contributed by atoms with Crippen LogP contribution in [0.15, 0.2) is 48.5 Å². The molecular formula is C22H25N3O2S. The maximum absolute atomic E-state index is 12.9. The Balaban J connectivity index is 1.53. The third-order valence-electron chi connectivity index (χ3n) is 5.20. The highest BCUT2D eigenvalue weighted by Gasteiger charge is 2.20. The molecule has 1 aliphatic heterocycles. The zero-order valence-electron chi connectivity index (χ0n) is 16.0. The van der Waals surface area contributed by atoms with Crippen molar-refractivity contribution in [2.45, 2.75) is 24.8 Å². The zero-order chi connectivity index (χ0) is 19.3. The number of hydrogen-bond acceptors (Lipinski definition) is 5. The number of piperidine rings is 1. The second kappa shape index (κ2) is 8.82. The Labute approximate surface area is 169 Å². The van der Waals surface area contributed by atoms with Gasteiger partial charge in [0, 0.05) is 18.6 Å². The van der Waals surface area contributed by atoms with E-state index >= 15 is 0 Å². The summed E-state index contributed by atoms with van der Waals surface area (Å²) in [6, 6.07) is 15.5. The monoisotopic (exact) mass is 395 g/mol. The lowest BCUT2D eigenvalue weighted by molar-refractivity contribution is 0.0896. The van der Waals surface area contributed by atoms with Crippen molar-refractivity contribution in [3.63, 3.8) is 0 Å². The van der Waals surface area contributed by atoms with Crippen molar-refractivity contribution in [2.75, 3.05) is 26.8 Å². The molecule has 1 aliphatic rings. The third kappa shape index (κ3) is 4.24. The second-order valence-electron chi connectivity index (χ2n) is 7.15. The number of carbonyl (C=O) groups is 1. The van der Waals surface area contributed by atoms with E-state index in [-0.39, 0.29) is 11.9 Å². The number of rotatable bonds is 6. The van der Waals surface area contributed by atoms with Crippen molar-refractivity contribution in [3.8, 4) is 0 Å². The summed E-state index contributed by atoms with van der Waals surface area (Å²) in [4.78, 5) is 17.7. The lowest BCUT2D eigenvalue weighted by Gasteiger charge is -2.20. The Bertz CT molecular complexity index is 935. The van der Waals surface area contributed by atoms with Gasteiger partial charge in [-0.15, -0.1) is 11.3 Å². The molecule has 28 heavy (non-hydrogen) atoms. The Morgan fingerprint density at radius 1 is 1.25 bits per heavy atom. The number of ether oxygens (including phenoxy) is 1. The van der Waals surface area contributed by atoms with Gasteiger partial charge in [0.1, 0.15) is 0 Å². The number of nitrogens with one attached hydrogen (secondary N) is 2. The molecule has 0 aliphatic carbocycles. The van der Waals surface area contributed by atoms with E-state index in [4.69, 9.17) is 9.72 Å². The van der Waals surface area contributed by atoms with Crippen LogP contribution in [0, 0.1) is 0 Å². The minimum Gasteiger partial charge on any atom is -0.382 e. The SMILES string of the molecule is COC[C@H](NC(=O)c1ccc2nc(C3CCNCC3)sc2c1)c1ccccc1. The van der Waals surface area contributed by atoms with Crippen LogP contribution in [-0.4, -0.2) is 37.7 Å². The molecule has 0 bridgehead atoms. The molecule has 3 aromatic rings. The highest BCUT2D eigenvalue weighted by Crippen LogP contribution is 2.32. The van der Waals surface area contributed by atoms with E-state index in [1.165, 1.54) is 5.01 Å². The summed E-state index contributed by atoms with van der Waals surface area (Å²) in [6.07, 6.45) is 2.26. The van der Waals surface area contributed by atoms with Gasteiger partial charge in [-0.1, -0.05) is 30.3 Å². The van der Waals surface area contributed by atoms with Crippen molar-refractivity contribution in [3.05, 3.63) is 64.7 Å². The Hall–Kier alpha value is -2.28. The lowest BCUT2D eigenvalue weighted by atomic mass is 9.99. The molecule has 0 saturated carbocycles. The standard InChI is InChI=1S/C22H25N3O2S/c1-27-14-19(15-5-3-2-4-6-15)24-21(26)17-7-8-18-20(13-17)28-22(25-18)16-9-11-23-12-10-16/h2-8,13,16,19,23H,9-12,14H2,1H3,(H,24,26)/t19-/m0/s1. The van der Waals surface area contributed by atoms with Gasteiger partial charge in [0.05, 0.1) is 27.9 Å². The Morgan fingerprint density at radius 3 is 2.79 bits per heavy atom. The quantitative estimate of drug-likeness (QED) is 0.665. The summed E-state index contributed by atoms with van der Waals surface area (Å²) in [7, 11) is 1.65. The molecule has 5 nitrogen and oxygen atoms in total. The van der Waals surface area contributed by atoms with Crippen molar-refractivity contribution in [2.24, 2.45) is 0 Å². The summed E-state index contributed by atoms with van der Waals surface area (Å²) in [5, 5.41) is 7.69. The summed E-state index contributed by atoms with van der Waals surface area (Å²) < 4.78 is 6.38. The summed E-state index contributed by atoms with van der Waals surface area (Å²) >= 11 is 1.72. The maximum Gasteiger partial charge on any atom is 0.251 e. The first kappa shape index (κ1) is 19.1. The van der Waals surface area contributed by atoms with Gasteiger partial charge in [0.25, 0.3) is 5.91 Å². The number of carbonyl (C=O) groups excluding carboxylic acids is 1. The molecule has 0 unspecified atom stereocenters. The van der Waals surface area contributed by atoms with E-state index < -0.39 is 0 Å². The van der Waals surface area contributed by atoms with Crippen LogP contribution in [0.3, 0.4) is 0 Å². The van der Waals surface area contributed by atoms with Crippen molar-refractivity contribution >= 4 is 27.5 Å². The van der Waals surface area contributed by atoms with Crippen LogP contribution < -0.4 is 10.6 Å². The van der Waals surface area contributed by atoms with E-state index in [1.54, 1.807) is 18.4 Å². The molecule has 0 radical (unpaired) electrons. The number of aromatic nitrogens is 1. The highest BCUT2D eigenvalue weighted by molar-refractivity contribution is 7.18. The topological polar surface area (TPSA) is 63.2 Å². The van der Waals surface area contributed by atoms with Crippen LogP contribution in [-0.2, 0) is 4.74 Å². The van der Waals surface area contributed by atoms with Gasteiger partial charge in [-0.2, -0.15) is 0 Å². The van der Waals surface area contributed by atoms with Gasteiger partial charge < -0.3 is 15.4 Å². The summed E-state index contributed by atoms with van der Waals surface area (Å²) in [6.45, 7) is 2.53. The van der Waals surface area contributed by atoms with Crippen molar-refractivity contribution < 1.29 is 9.53 Å². The Morgan fingerprint density at radius 2 is 2.04 bits per heavy atom. The average Bonchev–Trinajstić information content (AvgIpc) is 3.18. The van der Waals surface area contributed by atoms with E-state index in [1.807, 2.05) is 48.5 Å². The molecule has 2 N–H and O–H groups in total. The molecule has 0 spiro atoms. The molecule has 2 heterocycles. The molecule has 1 amide bonds. The van der Waals surface area contributed by atoms with Gasteiger partial charge in [-0.05, 0) is 49.7 Å². The molecule has 146 valence electrons. The van der Waals surface area contributed by atoms with Crippen LogP contribution in [0.4, 0.5) is 0 Å². The first-order valence-electron chi connectivity index (χ1n) is 9.70. The molecular weight excluding hydrogens is 370 g/mol. The highest BCUT2D eigenvalue weighted by atomic mass is 32.1. The van der Waals surface area contributed by atoms with Gasteiger partial charge in [0.2, 0.25) is 0 Å². The molecule has 4 rings (SSSR count). The minimum absolute atomic E-state index is 0.0929. The first-order valence-corrected chi connectivity index (χ1v) is 10.5. The predicted octanol–water partition coefficient (Wildman–Crippen LogP) is 3.88. The smallest absolute Gasteiger partial charge is 0.251 e. The number of amides is 1. The minimum atomic E-state index is -0.179. The van der Waals surface area contributed by atoms with Gasteiger partial charge in [-0.3, -0.25) is 4.79 Å². The fourth-order valence-electron chi connectivity index (χ4n) is 3.64. The molecule has 6 heteroatoms. The number of fused-ring (bicyclic) bond motifs is 1. The van der Waals surface area contributed by atoms with Gasteiger partial charge in [0.15, 0.2) is 0 Å². The van der Waals surface area contributed by atoms with E-state index in [2.05, 4.69) is 10.6 Å². The van der Waals surface area contributed by atoms with E-state index in [0.29, 0.717) is 18.1 Å². The van der Waals surface area contributed by atoms with Crippen molar-refractivity contribution in [1.29, 1.82) is 0 Å². The fourth-order valence-corrected chi connectivity index (χ4v) is 4.82. The first-order chi connectivity index (χ1) is 13.7. The number of benzene rings is 2. The summed E-state index contributed by atoms with van der Waals surface area (Å²) in [5.41, 5.74) is 2.67. The number of nitrogens with zero attached hydrogens (tertiary/aromatic N) is 1. The van der Waals surface area contributed by atoms with Crippen LogP contribution in [0.25, 0.3) is 10.2 Å². The number of methoxy groups -OCH3 is 1. The van der Waals surface area contributed by atoms with Crippen LogP contribution >= 0.6 is 11.3 Å². The number of hydrogen-bond donors (Lipinski definition) is 2. The lowest BCUT2D eigenvalue weighted by Crippen LogP contribution is -2.31. The van der Waals surface area contributed by atoms with Gasteiger partial charge >= 0.3 is 0 Å². The van der Waals surface area contributed by atoms with Crippen LogP contribution in [0.2, 0.25) is 0 Å². The van der Waals surface area contributed by atoms with Crippen LogP contribution in [0.1, 0.15) is 45.7 Å². The summed E-state index contributed by atoms with van der Waals surface area (Å²) in [5.74, 6) is 0.435. The normalized spacial score (nSPS) is 16.2. The largest absolute Gasteiger partial charge is 0.382 e. The zero-order valence-corrected chi connectivity index (χ0v) is 16.8. The molecule has 1 saturated heterocycles.